The van der Waals surface area contributed by atoms with Gasteiger partial charge in [-0.1, -0.05) is 54.6 Å². The molecular weight excluding hydrogens is 252 g/mol. The van der Waals surface area contributed by atoms with E-state index in [1.165, 1.54) is 0 Å². The molecule has 0 atom stereocenters. The van der Waals surface area contributed by atoms with Crippen LogP contribution in [0.2, 0.25) is 0 Å². The van der Waals surface area contributed by atoms with Crippen molar-refractivity contribution >= 4 is 17.9 Å². The molecule has 0 amide bonds. The molecule has 100 valence electrons. The molecule has 2 aromatic carbocycles. The van der Waals surface area contributed by atoms with Gasteiger partial charge >= 0.3 is 0 Å². The van der Waals surface area contributed by atoms with Crippen molar-refractivity contribution in [2.24, 2.45) is 0 Å². The largest absolute Gasteiger partial charge is 0.299 e. The van der Waals surface area contributed by atoms with Crippen LogP contribution in [0.5, 0.6) is 0 Å². The second-order valence-corrected chi connectivity index (χ2v) is 4.52. The Morgan fingerprint density at radius 2 is 1.50 bits per heavy atom. The highest BCUT2D eigenvalue weighted by Gasteiger charge is 2.13. The highest BCUT2D eigenvalue weighted by Crippen LogP contribution is 2.12. The zero-order valence-electron chi connectivity index (χ0n) is 10.9. The molecule has 0 heterocycles. The number of hydrogen-bond acceptors (Lipinski definition) is 3. The fourth-order valence-corrected chi connectivity index (χ4v) is 2.08. The summed E-state index contributed by atoms with van der Waals surface area (Å²) >= 11 is 0. The molecule has 3 nitrogen and oxygen atoms in total. The molecular formula is C17H14O3. The molecule has 0 aromatic heterocycles. The Kier molecular flexibility index (Phi) is 4.56. The summed E-state index contributed by atoms with van der Waals surface area (Å²) in [5.41, 5.74) is 1.85. The highest BCUT2D eigenvalue weighted by atomic mass is 16.2. The van der Waals surface area contributed by atoms with E-state index in [2.05, 4.69) is 0 Å². The van der Waals surface area contributed by atoms with Crippen molar-refractivity contribution in [3.8, 4) is 0 Å². The predicted octanol–water partition coefficient (Wildman–Crippen LogP) is 2.42. The Morgan fingerprint density at radius 1 is 0.850 bits per heavy atom. The number of hydrogen-bond donors (Lipinski definition) is 0. The second kappa shape index (κ2) is 6.57. The summed E-state index contributed by atoms with van der Waals surface area (Å²) in [5.74, 6) is -0.574. The van der Waals surface area contributed by atoms with Gasteiger partial charge in [-0.15, -0.1) is 0 Å². The topological polar surface area (TPSA) is 51.2 Å². The summed E-state index contributed by atoms with van der Waals surface area (Å²) < 4.78 is 0. The monoisotopic (exact) mass is 266 g/mol. The first-order chi connectivity index (χ1) is 9.70. The van der Waals surface area contributed by atoms with Gasteiger partial charge in [0.05, 0.1) is 0 Å². The van der Waals surface area contributed by atoms with Gasteiger partial charge in [-0.3, -0.25) is 14.4 Å². The molecule has 0 aliphatic rings. The van der Waals surface area contributed by atoms with Crippen molar-refractivity contribution in [3.63, 3.8) is 0 Å². The molecule has 0 fully saturated rings. The third-order valence-electron chi connectivity index (χ3n) is 3.02. The molecule has 0 radical (unpaired) electrons. The van der Waals surface area contributed by atoms with E-state index >= 15 is 0 Å². The Balaban J connectivity index is 2.12. The Labute approximate surface area is 117 Å². The minimum absolute atomic E-state index is 0.0161. The van der Waals surface area contributed by atoms with E-state index in [1.54, 1.807) is 24.3 Å². The molecule has 0 bridgehead atoms. The average Bonchev–Trinajstić information content (AvgIpc) is 2.48. The van der Waals surface area contributed by atoms with Crippen LogP contribution < -0.4 is 0 Å². The smallest absolute Gasteiger partial charge is 0.225 e. The van der Waals surface area contributed by atoms with Gasteiger partial charge in [0.2, 0.25) is 5.78 Å². The summed E-state index contributed by atoms with van der Waals surface area (Å²) in [7, 11) is 0. The molecule has 2 aromatic rings. The van der Waals surface area contributed by atoms with Crippen molar-refractivity contribution in [2.45, 2.75) is 12.8 Å². The lowest BCUT2D eigenvalue weighted by Gasteiger charge is -2.05. The summed E-state index contributed by atoms with van der Waals surface area (Å²) in [6.45, 7) is 0. The first-order valence-corrected chi connectivity index (χ1v) is 6.33. The number of carbonyl (C=O) groups is 3. The van der Waals surface area contributed by atoms with Crippen molar-refractivity contribution in [1.29, 1.82) is 0 Å². The zero-order chi connectivity index (χ0) is 14.4. The predicted molar refractivity (Wildman–Crippen MR) is 75.7 cm³/mol. The molecule has 0 saturated heterocycles. The van der Waals surface area contributed by atoms with Gasteiger partial charge < -0.3 is 0 Å². The maximum atomic E-state index is 12.0. The minimum atomic E-state index is -0.590. The number of ketones is 2. The van der Waals surface area contributed by atoms with Crippen molar-refractivity contribution < 1.29 is 14.4 Å². The summed E-state index contributed by atoms with van der Waals surface area (Å²) in [6.07, 6.45) is 0.760. The normalized spacial score (nSPS) is 10.0. The third-order valence-corrected chi connectivity index (χ3v) is 3.02. The van der Waals surface area contributed by atoms with E-state index in [1.807, 2.05) is 30.3 Å². The van der Waals surface area contributed by atoms with E-state index in [9.17, 15) is 14.4 Å². The quantitative estimate of drug-likeness (QED) is 0.458. The highest BCUT2D eigenvalue weighted by molar-refractivity contribution is 6.33. The van der Waals surface area contributed by atoms with Gasteiger partial charge in [0.25, 0.3) is 0 Å². The second-order valence-electron chi connectivity index (χ2n) is 4.52. The molecule has 0 N–H and O–H groups in total. The van der Waals surface area contributed by atoms with Crippen LogP contribution in [0.3, 0.4) is 0 Å². The number of rotatable bonds is 6. The molecule has 0 aliphatic heterocycles. The lowest BCUT2D eigenvalue weighted by molar-refractivity contribution is -0.117. The number of aldehydes is 1. The van der Waals surface area contributed by atoms with Gasteiger partial charge in [0, 0.05) is 18.4 Å². The van der Waals surface area contributed by atoms with E-state index in [-0.39, 0.29) is 18.5 Å². The van der Waals surface area contributed by atoms with Gasteiger partial charge in [-0.25, -0.2) is 0 Å². The molecule has 20 heavy (non-hydrogen) atoms. The van der Waals surface area contributed by atoms with Crippen LogP contribution in [-0.4, -0.2) is 17.9 Å². The van der Waals surface area contributed by atoms with Crippen LogP contribution in [0.1, 0.15) is 21.5 Å². The molecule has 2 rings (SSSR count). The molecule has 0 aliphatic carbocycles. The van der Waals surface area contributed by atoms with Crippen molar-refractivity contribution in [1.82, 2.24) is 0 Å². The molecule has 0 spiro atoms. The van der Waals surface area contributed by atoms with E-state index < -0.39 is 5.78 Å². The Morgan fingerprint density at radius 3 is 2.20 bits per heavy atom. The first kappa shape index (κ1) is 13.9. The molecule has 0 unspecified atom stereocenters. The van der Waals surface area contributed by atoms with Crippen LogP contribution in [0.15, 0.2) is 54.6 Å². The van der Waals surface area contributed by atoms with Crippen LogP contribution >= 0.6 is 0 Å². The van der Waals surface area contributed by atoms with Crippen molar-refractivity contribution in [3.05, 3.63) is 71.3 Å². The fraction of sp³-hybridized carbons (Fsp3) is 0.118. The van der Waals surface area contributed by atoms with Crippen LogP contribution in [0.4, 0.5) is 0 Å². The number of benzene rings is 2. The fourth-order valence-electron chi connectivity index (χ4n) is 2.08. The standard InChI is InChI=1S/C17H14O3/c18-12-17(20)16-9-5-4-8-14(16)11-15(19)10-13-6-2-1-3-7-13/h1-9,12H,10-11H2. The minimum Gasteiger partial charge on any atom is -0.299 e. The van der Waals surface area contributed by atoms with Crippen LogP contribution in [-0.2, 0) is 22.4 Å². The summed E-state index contributed by atoms with van der Waals surface area (Å²) in [4.78, 5) is 34.1. The van der Waals surface area contributed by atoms with Gasteiger partial charge in [0.15, 0.2) is 6.29 Å². The van der Waals surface area contributed by atoms with E-state index in [0.29, 0.717) is 17.5 Å². The van der Waals surface area contributed by atoms with Crippen LogP contribution in [0, 0.1) is 0 Å². The SMILES string of the molecule is O=CC(=O)c1ccccc1CC(=O)Cc1ccccc1. The Hall–Kier alpha value is -2.55. The molecule has 0 saturated carbocycles. The van der Waals surface area contributed by atoms with E-state index in [4.69, 9.17) is 0 Å². The maximum Gasteiger partial charge on any atom is 0.225 e. The van der Waals surface area contributed by atoms with Crippen molar-refractivity contribution in [2.75, 3.05) is 0 Å². The van der Waals surface area contributed by atoms with Gasteiger partial charge in [0.1, 0.15) is 5.78 Å². The van der Waals surface area contributed by atoms with Crippen LogP contribution in [0.25, 0.3) is 0 Å². The number of Topliss-reactive ketones (excluding diaryl/α,β-unsaturated/α-hetero) is 2. The van der Waals surface area contributed by atoms with E-state index in [0.717, 1.165) is 5.56 Å². The first-order valence-electron chi connectivity index (χ1n) is 6.33. The Bertz CT molecular complexity index is 630. The average molecular weight is 266 g/mol. The lowest BCUT2D eigenvalue weighted by atomic mass is 9.97. The zero-order valence-corrected chi connectivity index (χ0v) is 10.9. The number of carbonyl (C=O) groups excluding carboxylic acids is 3. The molecule has 3 heteroatoms. The van der Waals surface area contributed by atoms with Gasteiger partial charge in [-0.05, 0) is 11.1 Å². The van der Waals surface area contributed by atoms with Gasteiger partial charge in [-0.2, -0.15) is 0 Å². The maximum absolute atomic E-state index is 12.0. The summed E-state index contributed by atoms with van der Waals surface area (Å²) in [6, 6.07) is 16.2. The lowest BCUT2D eigenvalue weighted by Crippen LogP contribution is -2.11. The third kappa shape index (κ3) is 3.48. The summed E-state index contributed by atoms with van der Waals surface area (Å²) in [5, 5.41) is 0.